The first kappa shape index (κ1) is 15.2. The first-order valence-corrected chi connectivity index (χ1v) is 6.16. The molecule has 0 saturated carbocycles. The number of carbonyl (C=O) groups excluding carboxylic acids is 2. The zero-order valence-electron chi connectivity index (χ0n) is 11.1. The number of esters is 1. The number of rotatable bonds is 6. The number of hydrogen-bond acceptors (Lipinski definition) is 4. The monoisotopic (exact) mass is 265 g/mol. The van der Waals surface area contributed by atoms with Gasteiger partial charge in [0.05, 0.1) is 6.61 Å². The van der Waals surface area contributed by atoms with Crippen LogP contribution in [-0.2, 0) is 20.9 Å². The molecule has 0 fully saturated rings. The van der Waals surface area contributed by atoms with Crippen LogP contribution in [-0.4, -0.2) is 29.6 Å². The molecule has 0 bridgehead atoms. The Morgan fingerprint density at radius 1 is 1.26 bits per heavy atom. The lowest BCUT2D eigenvalue weighted by Gasteiger charge is -2.16. The lowest BCUT2D eigenvalue weighted by atomic mass is 10.2. The minimum atomic E-state index is -1.02. The lowest BCUT2D eigenvalue weighted by Crippen LogP contribution is -2.45. The van der Waals surface area contributed by atoms with Crippen LogP contribution in [0.15, 0.2) is 30.3 Å². The van der Waals surface area contributed by atoms with Gasteiger partial charge in [-0.15, -0.1) is 0 Å². The van der Waals surface area contributed by atoms with Gasteiger partial charge in [0.1, 0.15) is 6.61 Å². The largest absolute Gasteiger partial charge is 0.459 e. The molecule has 0 heterocycles. The van der Waals surface area contributed by atoms with Gasteiger partial charge < -0.3 is 15.2 Å². The number of carbonyl (C=O) groups is 2. The van der Waals surface area contributed by atoms with Crippen LogP contribution in [0.5, 0.6) is 0 Å². The smallest absolute Gasteiger partial charge is 0.331 e. The van der Waals surface area contributed by atoms with E-state index in [2.05, 4.69) is 5.32 Å². The van der Waals surface area contributed by atoms with Crippen LogP contribution in [0.1, 0.15) is 19.4 Å². The van der Waals surface area contributed by atoms with E-state index in [4.69, 9.17) is 9.84 Å². The summed E-state index contributed by atoms with van der Waals surface area (Å²) in [5, 5.41) is 11.5. The van der Waals surface area contributed by atoms with Gasteiger partial charge in [0.2, 0.25) is 5.91 Å². The van der Waals surface area contributed by atoms with Crippen molar-refractivity contribution in [2.75, 3.05) is 6.61 Å². The number of nitrogens with one attached hydrogen (secondary N) is 1. The molecule has 0 unspecified atom stereocenters. The Labute approximate surface area is 112 Å². The van der Waals surface area contributed by atoms with E-state index in [1.807, 2.05) is 30.3 Å². The Kier molecular flexibility index (Phi) is 6.02. The minimum absolute atomic E-state index is 0.119. The topological polar surface area (TPSA) is 75.6 Å². The molecule has 1 aromatic rings. The molecule has 1 atom stereocenters. The molecular formula is C14H19NO4. The summed E-state index contributed by atoms with van der Waals surface area (Å²) in [6, 6.07) is 8.19. The highest BCUT2D eigenvalue weighted by atomic mass is 16.5. The van der Waals surface area contributed by atoms with Crippen LogP contribution < -0.4 is 5.32 Å². The molecule has 1 amide bonds. The normalized spacial score (nSPS) is 12.0. The summed E-state index contributed by atoms with van der Waals surface area (Å²) < 4.78 is 5.05. The van der Waals surface area contributed by atoms with Crippen molar-refractivity contribution < 1.29 is 19.4 Å². The highest BCUT2D eigenvalue weighted by molar-refractivity contribution is 5.85. The number of aliphatic hydroxyl groups excluding tert-OH is 1. The number of ether oxygens (including phenoxy) is 1. The summed E-state index contributed by atoms with van der Waals surface area (Å²) in [7, 11) is 0. The van der Waals surface area contributed by atoms with Gasteiger partial charge in [-0.25, -0.2) is 4.79 Å². The molecular weight excluding hydrogens is 246 g/mol. The fraction of sp³-hybridized carbons (Fsp3) is 0.429. The standard InChI is InChI=1S/C14H19NO4/c1-10(2)13(17)15-12(8-16)14(18)19-9-11-6-4-3-5-7-11/h3-7,10,12,16H,8-9H2,1-2H3,(H,15,17)/t12-/m0/s1. The van der Waals surface area contributed by atoms with E-state index in [1.165, 1.54) is 0 Å². The van der Waals surface area contributed by atoms with Crippen molar-refractivity contribution in [2.45, 2.75) is 26.5 Å². The van der Waals surface area contributed by atoms with E-state index in [0.717, 1.165) is 5.56 Å². The summed E-state index contributed by atoms with van der Waals surface area (Å²) in [5.74, 6) is -1.19. The van der Waals surface area contributed by atoms with E-state index < -0.39 is 18.6 Å². The molecule has 5 heteroatoms. The SMILES string of the molecule is CC(C)C(=O)N[C@@H](CO)C(=O)OCc1ccccc1. The highest BCUT2D eigenvalue weighted by Crippen LogP contribution is 2.02. The molecule has 0 saturated heterocycles. The third-order valence-electron chi connectivity index (χ3n) is 2.53. The molecule has 0 radical (unpaired) electrons. The average molecular weight is 265 g/mol. The van der Waals surface area contributed by atoms with Crippen LogP contribution in [0, 0.1) is 5.92 Å². The van der Waals surface area contributed by atoms with Gasteiger partial charge in [0.15, 0.2) is 6.04 Å². The van der Waals surface area contributed by atoms with Crippen LogP contribution in [0.3, 0.4) is 0 Å². The summed E-state index contributed by atoms with van der Waals surface area (Å²) >= 11 is 0. The fourth-order valence-electron chi connectivity index (χ4n) is 1.35. The maximum atomic E-state index is 11.7. The first-order chi connectivity index (χ1) is 9.04. The van der Waals surface area contributed by atoms with Gasteiger partial charge >= 0.3 is 5.97 Å². The third kappa shape index (κ3) is 5.09. The number of aliphatic hydroxyl groups is 1. The molecule has 0 aromatic heterocycles. The molecule has 0 aliphatic rings. The minimum Gasteiger partial charge on any atom is -0.459 e. The number of hydrogen-bond donors (Lipinski definition) is 2. The second kappa shape index (κ2) is 7.53. The second-order valence-electron chi connectivity index (χ2n) is 4.49. The summed E-state index contributed by atoms with van der Waals surface area (Å²) in [6.07, 6.45) is 0. The van der Waals surface area contributed by atoms with Crippen molar-refractivity contribution in [3.63, 3.8) is 0 Å². The maximum Gasteiger partial charge on any atom is 0.331 e. The van der Waals surface area contributed by atoms with Crippen LogP contribution in [0.25, 0.3) is 0 Å². The quantitative estimate of drug-likeness (QED) is 0.748. The van der Waals surface area contributed by atoms with Gasteiger partial charge in [-0.1, -0.05) is 44.2 Å². The Bertz CT molecular complexity index is 417. The molecule has 19 heavy (non-hydrogen) atoms. The Morgan fingerprint density at radius 2 is 1.89 bits per heavy atom. The Balaban J connectivity index is 2.48. The number of amides is 1. The predicted molar refractivity (Wildman–Crippen MR) is 70.1 cm³/mol. The molecule has 0 aliphatic heterocycles. The number of benzene rings is 1. The molecule has 5 nitrogen and oxygen atoms in total. The van der Waals surface area contributed by atoms with Crippen molar-refractivity contribution in [3.05, 3.63) is 35.9 Å². The molecule has 0 aliphatic carbocycles. The second-order valence-corrected chi connectivity index (χ2v) is 4.49. The van der Waals surface area contributed by atoms with E-state index in [0.29, 0.717) is 0 Å². The molecule has 104 valence electrons. The third-order valence-corrected chi connectivity index (χ3v) is 2.53. The summed E-state index contributed by atoms with van der Waals surface area (Å²) in [4.78, 5) is 23.2. The summed E-state index contributed by atoms with van der Waals surface area (Å²) in [6.45, 7) is 3.05. The molecule has 1 aromatic carbocycles. The van der Waals surface area contributed by atoms with Crippen molar-refractivity contribution in [1.82, 2.24) is 5.32 Å². The lowest BCUT2D eigenvalue weighted by molar-refractivity contribution is -0.150. The zero-order valence-corrected chi connectivity index (χ0v) is 11.1. The van der Waals surface area contributed by atoms with Crippen molar-refractivity contribution >= 4 is 11.9 Å². The van der Waals surface area contributed by atoms with Gasteiger partial charge in [-0.05, 0) is 5.56 Å². The van der Waals surface area contributed by atoms with Crippen molar-refractivity contribution in [2.24, 2.45) is 5.92 Å². The van der Waals surface area contributed by atoms with Gasteiger partial charge in [-0.3, -0.25) is 4.79 Å². The van der Waals surface area contributed by atoms with Crippen LogP contribution in [0.4, 0.5) is 0 Å². The van der Waals surface area contributed by atoms with Crippen molar-refractivity contribution in [1.29, 1.82) is 0 Å². The van der Waals surface area contributed by atoms with Gasteiger partial charge in [0.25, 0.3) is 0 Å². The fourth-order valence-corrected chi connectivity index (χ4v) is 1.35. The maximum absolute atomic E-state index is 11.7. The zero-order chi connectivity index (χ0) is 14.3. The molecule has 0 spiro atoms. The van der Waals surface area contributed by atoms with Crippen LogP contribution >= 0.6 is 0 Å². The van der Waals surface area contributed by atoms with E-state index in [9.17, 15) is 9.59 Å². The summed E-state index contributed by atoms with van der Waals surface area (Å²) in [5.41, 5.74) is 0.850. The van der Waals surface area contributed by atoms with E-state index in [-0.39, 0.29) is 18.4 Å². The van der Waals surface area contributed by atoms with Gasteiger partial charge in [-0.2, -0.15) is 0 Å². The highest BCUT2D eigenvalue weighted by Gasteiger charge is 2.22. The van der Waals surface area contributed by atoms with Crippen molar-refractivity contribution in [3.8, 4) is 0 Å². The Hall–Kier alpha value is -1.88. The van der Waals surface area contributed by atoms with Gasteiger partial charge in [0, 0.05) is 5.92 Å². The van der Waals surface area contributed by atoms with E-state index >= 15 is 0 Å². The molecule has 1 rings (SSSR count). The van der Waals surface area contributed by atoms with Crippen LogP contribution in [0.2, 0.25) is 0 Å². The molecule has 2 N–H and O–H groups in total. The average Bonchev–Trinajstić information content (AvgIpc) is 2.42. The first-order valence-electron chi connectivity index (χ1n) is 6.16. The Morgan fingerprint density at radius 3 is 2.42 bits per heavy atom. The predicted octanol–water partition coefficient (Wildman–Crippen LogP) is 0.863. The van der Waals surface area contributed by atoms with E-state index in [1.54, 1.807) is 13.8 Å².